The Morgan fingerprint density at radius 1 is 1.25 bits per heavy atom. The van der Waals surface area contributed by atoms with Crippen molar-refractivity contribution in [1.82, 2.24) is 4.57 Å². The second kappa shape index (κ2) is 3.63. The van der Waals surface area contributed by atoms with Gasteiger partial charge in [-0.25, -0.2) is 0 Å². The van der Waals surface area contributed by atoms with Crippen molar-refractivity contribution in [1.29, 1.82) is 0 Å². The lowest BCUT2D eigenvalue weighted by molar-refractivity contribution is 0.504. The molecular formula is C14H20N2. The fraction of sp³-hybridized carbons (Fsp3) is 0.429. The average molecular weight is 216 g/mol. The van der Waals surface area contributed by atoms with E-state index in [1.54, 1.807) is 0 Å². The van der Waals surface area contributed by atoms with Crippen LogP contribution < -0.4 is 5.73 Å². The fourth-order valence-electron chi connectivity index (χ4n) is 2.24. The smallest absolute Gasteiger partial charge is 0.0506 e. The Balaban J connectivity index is 2.77. The second-order valence-electron chi connectivity index (χ2n) is 5.06. The lowest BCUT2D eigenvalue weighted by Gasteiger charge is -2.21. The van der Waals surface area contributed by atoms with Crippen LogP contribution >= 0.6 is 0 Å². The number of aromatic nitrogens is 1. The van der Waals surface area contributed by atoms with Gasteiger partial charge in [0.1, 0.15) is 0 Å². The zero-order valence-corrected chi connectivity index (χ0v) is 10.5. The molecule has 0 aliphatic carbocycles. The molecule has 0 saturated heterocycles. The van der Waals surface area contributed by atoms with Crippen LogP contribution in [0.5, 0.6) is 0 Å². The summed E-state index contributed by atoms with van der Waals surface area (Å²) < 4.78 is 2.31. The molecule has 0 aliphatic heterocycles. The molecule has 0 bridgehead atoms. The van der Waals surface area contributed by atoms with Crippen molar-refractivity contribution in [3.63, 3.8) is 0 Å². The Kier molecular flexibility index (Phi) is 2.55. The van der Waals surface area contributed by atoms with Crippen LogP contribution in [0.1, 0.15) is 32.0 Å². The highest BCUT2D eigenvalue weighted by Crippen LogP contribution is 2.27. The summed E-state index contributed by atoms with van der Waals surface area (Å²) in [6.45, 7) is 9.36. The minimum atomic E-state index is -0.289. The van der Waals surface area contributed by atoms with Gasteiger partial charge in [0.15, 0.2) is 0 Å². The Labute approximate surface area is 97.1 Å². The number of fused-ring (bicyclic) bond motifs is 1. The molecule has 0 fully saturated rings. The molecular weight excluding hydrogens is 196 g/mol. The van der Waals surface area contributed by atoms with Crippen LogP contribution in [0.15, 0.2) is 24.3 Å². The molecule has 2 N–H and O–H groups in total. The Bertz CT molecular complexity index is 515. The normalized spacial score (nSPS) is 12.3. The van der Waals surface area contributed by atoms with Gasteiger partial charge in [0, 0.05) is 17.8 Å². The van der Waals surface area contributed by atoms with E-state index in [4.69, 9.17) is 5.73 Å². The molecule has 0 saturated carbocycles. The number of hydrogen-bond donors (Lipinski definition) is 1. The summed E-state index contributed by atoms with van der Waals surface area (Å²) in [6, 6.07) is 8.76. The van der Waals surface area contributed by atoms with Gasteiger partial charge in [-0.05, 0) is 50.8 Å². The van der Waals surface area contributed by atoms with Gasteiger partial charge in [0.25, 0.3) is 0 Å². The van der Waals surface area contributed by atoms with Gasteiger partial charge in [0.2, 0.25) is 0 Å². The average Bonchev–Trinajstić information content (AvgIpc) is 2.54. The quantitative estimate of drug-likeness (QED) is 0.821. The topological polar surface area (TPSA) is 30.9 Å². The Morgan fingerprint density at radius 2 is 1.94 bits per heavy atom. The molecule has 0 unspecified atom stereocenters. The van der Waals surface area contributed by atoms with Gasteiger partial charge in [0.05, 0.1) is 5.54 Å². The lowest BCUT2D eigenvalue weighted by atomic mass is 10.0. The van der Waals surface area contributed by atoms with Gasteiger partial charge in [-0.3, -0.25) is 0 Å². The summed E-state index contributed by atoms with van der Waals surface area (Å²) in [6.07, 6.45) is 0. The molecule has 1 aromatic heterocycles. The molecule has 0 atom stereocenters. The highest BCUT2D eigenvalue weighted by molar-refractivity contribution is 5.82. The van der Waals surface area contributed by atoms with Crippen molar-refractivity contribution in [3.05, 3.63) is 35.5 Å². The summed E-state index contributed by atoms with van der Waals surface area (Å²) >= 11 is 0. The van der Waals surface area contributed by atoms with E-state index in [0.717, 1.165) is 6.54 Å². The van der Waals surface area contributed by atoms with Crippen molar-refractivity contribution in [2.24, 2.45) is 5.73 Å². The van der Waals surface area contributed by atoms with Crippen molar-refractivity contribution in [2.75, 3.05) is 0 Å². The molecule has 0 aliphatic rings. The van der Waals surface area contributed by atoms with Crippen LogP contribution in [0.3, 0.4) is 0 Å². The summed E-state index contributed by atoms with van der Waals surface area (Å²) in [4.78, 5) is 0. The van der Waals surface area contributed by atoms with Gasteiger partial charge in [-0.15, -0.1) is 0 Å². The van der Waals surface area contributed by atoms with Crippen molar-refractivity contribution >= 4 is 10.9 Å². The third kappa shape index (κ3) is 1.74. The molecule has 0 radical (unpaired) electrons. The first-order valence-electron chi connectivity index (χ1n) is 5.82. The van der Waals surface area contributed by atoms with Crippen LogP contribution in [0.25, 0.3) is 10.9 Å². The van der Waals surface area contributed by atoms with Gasteiger partial charge in [-0.1, -0.05) is 12.1 Å². The monoisotopic (exact) mass is 216 g/mol. The van der Waals surface area contributed by atoms with E-state index in [2.05, 4.69) is 56.5 Å². The molecule has 1 heterocycles. The molecule has 16 heavy (non-hydrogen) atoms. The molecule has 0 amide bonds. The SMILES string of the molecule is CCn1c(C(C)(C)N)cc2ccc(C)cc21. The first kappa shape index (κ1) is 11.2. The minimum absolute atomic E-state index is 0.289. The number of nitrogens with zero attached hydrogens (tertiary/aromatic N) is 1. The number of aryl methyl sites for hydroxylation is 2. The maximum absolute atomic E-state index is 6.21. The van der Waals surface area contributed by atoms with E-state index in [1.807, 2.05) is 0 Å². The number of nitrogens with two attached hydrogens (primary N) is 1. The highest BCUT2D eigenvalue weighted by Gasteiger charge is 2.20. The first-order chi connectivity index (χ1) is 7.43. The molecule has 1 aromatic carbocycles. The minimum Gasteiger partial charge on any atom is -0.343 e. The van der Waals surface area contributed by atoms with Crippen LogP contribution in [0, 0.1) is 6.92 Å². The third-order valence-corrected chi connectivity index (χ3v) is 3.04. The Morgan fingerprint density at radius 3 is 2.50 bits per heavy atom. The predicted molar refractivity (Wildman–Crippen MR) is 69.6 cm³/mol. The van der Waals surface area contributed by atoms with Crippen molar-refractivity contribution < 1.29 is 0 Å². The molecule has 2 aromatic rings. The number of hydrogen-bond acceptors (Lipinski definition) is 1. The van der Waals surface area contributed by atoms with Crippen molar-refractivity contribution in [2.45, 2.75) is 39.8 Å². The van der Waals surface area contributed by atoms with Crippen LogP contribution in [-0.4, -0.2) is 4.57 Å². The van der Waals surface area contributed by atoms with Crippen LogP contribution in [-0.2, 0) is 12.1 Å². The lowest BCUT2D eigenvalue weighted by Crippen LogP contribution is -2.31. The summed E-state index contributed by atoms with van der Waals surface area (Å²) in [5, 5.41) is 1.28. The van der Waals surface area contributed by atoms with E-state index in [0.29, 0.717) is 0 Å². The van der Waals surface area contributed by atoms with Gasteiger partial charge < -0.3 is 10.3 Å². The fourth-order valence-corrected chi connectivity index (χ4v) is 2.24. The maximum Gasteiger partial charge on any atom is 0.0506 e. The number of rotatable bonds is 2. The van der Waals surface area contributed by atoms with Gasteiger partial charge >= 0.3 is 0 Å². The molecule has 0 spiro atoms. The van der Waals surface area contributed by atoms with E-state index >= 15 is 0 Å². The summed E-state index contributed by atoms with van der Waals surface area (Å²) in [7, 11) is 0. The summed E-state index contributed by atoms with van der Waals surface area (Å²) in [5.74, 6) is 0. The number of benzene rings is 1. The predicted octanol–water partition coefficient (Wildman–Crippen LogP) is 3.16. The maximum atomic E-state index is 6.21. The first-order valence-corrected chi connectivity index (χ1v) is 5.82. The second-order valence-corrected chi connectivity index (χ2v) is 5.06. The molecule has 2 rings (SSSR count). The largest absolute Gasteiger partial charge is 0.343 e. The zero-order valence-electron chi connectivity index (χ0n) is 10.5. The zero-order chi connectivity index (χ0) is 11.9. The van der Waals surface area contributed by atoms with Crippen LogP contribution in [0.4, 0.5) is 0 Å². The van der Waals surface area contributed by atoms with Gasteiger partial charge in [-0.2, -0.15) is 0 Å². The van der Waals surface area contributed by atoms with E-state index < -0.39 is 0 Å². The van der Waals surface area contributed by atoms with Crippen molar-refractivity contribution in [3.8, 4) is 0 Å². The highest BCUT2D eigenvalue weighted by atomic mass is 15.0. The van der Waals surface area contributed by atoms with E-state index in [-0.39, 0.29) is 5.54 Å². The van der Waals surface area contributed by atoms with Crippen LogP contribution in [0.2, 0.25) is 0 Å². The summed E-state index contributed by atoms with van der Waals surface area (Å²) in [5.41, 5.74) is 9.71. The van der Waals surface area contributed by atoms with E-state index in [9.17, 15) is 0 Å². The standard InChI is InChI=1S/C14H20N2/c1-5-16-12-8-10(2)6-7-11(12)9-13(16)14(3,4)15/h6-9H,5,15H2,1-4H3. The molecule has 86 valence electrons. The third-order valence-electron chi connectivity index (χ3n) is 3.04. The Hall–Kier alpha value is -1.28. The molecule has 2 nitrogen and oxygen atoms in total. The van der Waals surface area contributed by atoms with E-state index in [1.165, 1.54) is 22.2 Å². The molecule has 2 heteroatoms.